The van der Waals surface area contributed by atoms with Crippen molar-refractivity contribution in [2.24, 2.45) is 0 Å². The Bertz CT molecular complexity index is 1740. The summed E-state index contributed by atoms with van der Waals surface area (Å²) in [6.07, 6.45) is 2.51. The largest absolute Gasteiger partial charge is 1.00 e. The molecule has 1 atom stereocenters. The smallest absolute Gasteiger partial charge is 1.00 e. The molecule has 0 fully saturated rings. The summed E-state index contributed by atoms with van der Waals surface area (Å²) in [5, 5.41) is 0. The van der Waals surface area contributed by atoms with Crippen molar-refractivity contribution < 1.29 is 46.1 Å². The van der Waals surface area contributed by atoms with Gasteiger partial charge in [0.05, 0.1) is 0 Å². The van der Waals surface area contributed by atoms with E-state index < -0.39 is 21.3 Å². The molecule has 0 amide bonds. The maximum atomic E-state index is 2.51. The van der Waals surface area contributed by atoms with Crippen LogP contribution in [0.25, 0.3) is 17.2 Å². The Morgan fingerprint density at radius 2 is 1.05 bits per heavy atom. The third-order valence-corrected chi connectivity index (χ3v) is 18.2. The Morgan fingerprint density at radius 1 is 0.524 bits per heavy atom. The van der Waals surface area contributed by atoms with E-state index in [1.54, 1.807) is 25.5 Å². The monoisotopic (exact) mass is 662 g/mol. The molecule has 0 spiro atoms. The van der Waals surface area contributed by atoms with Gasteiger partial charge in [-0.25, -0.2) is 0 Å². The van der Waals surface area contributed by atoms with Crippen LogP contribution < -0.4 is 24.8 Å². The van der Waals surface area contributed by atoms with Gasteiger partial charge in [0, 0.05) is 0 Å². The summed E-state index contributed by atoms with van der Waals surface area (Å²) in [6, 6.07) is 44.0. The molecule has 42 heavy (non-hydrogen) atoms. The minimum Gasteiger partial charge on any atom is -1.00 e. The molecule has 0 aromatic heterocycles. The molecule has 0 radical (unpaired) electrons. The van der Waals surface area contributed by atoms with Crippen LogP contribution in [0.5, 0.6) is 0 Å². The summed E-state index contributed by atoms with van der Waals surface area (Å²) in [6.45, 7) is 9.20. The molecule has 0 heterocycles. The first-order chi connectivity index (χ1) is 19.5. The predicted molar refractivity (Wildman–Crippen MR) is 167 cm³/mol. The van der Waals surface area contributed by atoms with Gasteiger partial charge < -0.3 is 24.8 Å². The van der Waals surface area contributed by atoms with Gasteiger partial charge in [-0.15, -0.1) is 0 Å². The molecule has 2 aliphatic rings. The SMILES string of the molecule is CC1=Cc2c(C)cccc2[CH]1[Zr+2](=[C](c1ccccc1)c1ccccc1)[CH]1c2cc(C)ccc2-c2ccc(C)cc21.[Cl-].[Cl-]. The predicted octanol–water partition coefficient (Wildman–Crippen LogP) is 3.74. The van der Waals surface area contributed by atoms with Crippen molar-refractivity contribution in [3.63, 3.8) is 0 Å². The first-order valence-corrected chi connectivity index (χ1v) is 18.4. The number of rotatable bonds is 4. The number of halogens is 2. The van der Waals surface area contributed by atoms with E-state index in [4.69, 9.17) is 0 Å². The van der Waals surface area contributed by atoms with E-state index in [1.165, 1.54) is 44.5 Å². The summed E-state index contributed by atoms with van der Waals surface area (Å²) in [5.41, 5.74) is 17.4. The molecule has 0 saturated carbocycles. The Hall–Kier alpha value is -2.83. The van der Waals surface area contributed by atoms with Gasteiger partial charge >= 0.3 is 248 Å². The van der Waals surface area contributed by atoms with Gasteiger partial charge in [-0.05, 0) is 0 Å². The van der Waals surface area contributed by atoms with Gasteiger partial charge in [-0.1, -0.05) is 0 Å². The van der Waals surface area contributed by atoms with E-state index in [2.05, 4.69) is 149 Å². The Balaban J connectivity index is 0.00000176. The van der Waals surface area contributed by atoms with Crippen LogP contribution in [-0.4, -0.2) is 3.21 Å². The standard InChI is InChI=1S/C15H13.C13H10.C11H11.2ClH.Zr/c1-10-3-5-14-12(7-10)9-13-8-11(2)4-6-15(13)14;1-3-7-12(8-4-1)11-13-9-5-2-6-10-13;1-8-6-10-5-3-4-9(2)11(10)7-8;;;/h3-9H,1-2H3;1-10H;3-7H,1-2H3;2*1H;/q;;;;;+2/p-2. The zero-order chi connectivity index (χ0) is 27.4. The summed E-state index contributed by atoms with van der Waals surface area (Å²) in [4.78, 5) is 0. The van der Waals surface area contributed by atoms with Crippen molar-refractivity contribution in [2.75, 3.05) is 0 Å². The van der Waals surface area contributed by atoms with E-state index in [9.17, 15) is 0 Å². The van der Waals surface area contributed by atoms with Crippen LogP contribution in [0.4, 0.5) is 0 Å². The number of hydrogen-bond acceptors (Lipinski definition) is 0. The van der Waals surface area contributed by atoms with Gasteiger partial charge in [-0.2, -0.15) is 0 Å². The van der Waals surface area contributed by atoms with Crippen LogP contribution in [0, 0.1) is 20.8 Å². The van der Waals surface area contributed by atoms with Crippen LogP contribution in [0.3, 0.4) is 0 Å². The average molecular weight is 665 g/mol. The number of benzene rings is 5. The van der Waals surface area contributed by atoms with E-state index in [0.717, 1.165) is 0 Å². The fraction of sp³-hybridized carbons (Fsp3) is 0.154. The van der Waals surface area contributed by atoms with Gasteiger partial charge in [0.1, 0.15) is 0 Å². The maximum absolute atomic E-state index is 2.77. The Morgan fingerprint density at radius 3 is 1.57 bits per heavy atom. The van der Waals surface area contributed by atoms with E-state index in [1.807, 2.05) is 0 Å². The van der Waals surface area contributed by atoms with E-state index in [-0.39, 0.29) is 24.8 Å². The first kappa shape index (κ1) is 30.6. The molecule has 1 unspecified atom stereocenters. The topological polar surface area (TPSA) is 0 Å². The number of aryl methyl sites for hydroxylation is 3. The van der Waals surface area contributed by atoms with Crippen LogP contribution in [0.1, 0.15) is 64.2 Å². The van der Waals surface area contributed by atoms with Crippen LogP contribution in [0.15, 0.2) is 121 Å². The molecule has 2 aliphatic carbocycles. The molecular weight excluding hydrogens is 631 g/mol. The van der Waals surface area contributed by atoms with E-state index in [0.29, 0.717) is 7.25 Å². The zero-order valence-corrected chi connectivity index (χ0v) is 28.4. The molecule has 208 valence electrons. The Kier molecular flexibility index (Phi) is 9.06. The van der Waals surface area contributed by atoms with Gasteiger partial charge in [0.2, 0.25) is 0 Å². The van der Waals surface area contributed by atoms with Gasteiger partial charge in [0.25, 0.3) is 0 Å². The summed E-state index contributed by atoms with van der Waals surface area (Å²) >= 11 is -2.77. The summed E-state index contributed by atoms with van der Waals surface area (Å²) < 4.78 is 2.53. The first-order valence-electron chi connectivity index (χ1n) is 14.4. The van der Waals surface area contributed by atoms with Crippen molar-refractivity contribution in [2.45, 2.75) is 34.9 Å². The van der Waals surface area contributed by atoms with E-state index >= 15 is 0 Å². The third-order valence-electron chi connectivity index (χ3n) is 8.86. The second-order valence-electron chi connectivity index (χ2n) is 11.6. The number of fused-ring (bicyclic) bond motifs is 4. The number of allylic oxidation sites excluding steroid dienone is 1. The van der Waals surface area contributed by atoms with Crippen molar-refractivity contribution in [1.29, 1.82) is 0 Å². The van der Waals surface area contributed by atoms with Crippen LogP contribution in [0.2, 0.25) is 0 Å². The van der Waals surface area contributed by atoms with Crippen molar-refractivity contribution in [1.82, 2.24) is 0 Å². The fourth-order valence-corrected chi connectivity index (χ4v) is 17.5. The van der Waals surface area contributed by atoms with Gasteiger partial charge in [-0.3, -0.25) is 0 Å². The molecule has 7 rings (SSSR count). The third kappa shape index (κ3) is 5.15. The second-order valence-corrected chi connectivity index (χ2v) is 17.9. The second kappa shape index (κ2) is 12.4. The molecule has 0 aliphatic heterocycles. The number of hydrogen-bond donors (Lipinski definition) is 0. The average Bonchev–Trinajstić information content (AvgIpc) is 3.46. The normalized spacial score (nSPS) is 14.4. The maximum Gasteiger partial charge on any atom is -1.00 e. The molecule has 0 bridgehead atoms. The summed E-state index contributed by atoms with van der Waals surface area (Å²) in [5.74, 6) is 0. The molecule has 0 saturated heterocycles. The molecule has 3 heteroatoms. The van der Waals surface area contributed by atoms with Crippen molar-refractivity contribution >= 4 is 9.28 Å². The summed E-state index contributed by atoms with van der Waals surface area (Å²) in [7, 11) is 0. The molecule has 0 N–H and O–H groups in total. The van der Waals surface area contributed by atoms with Gasteiger partial charge in [0.15, 0.2) is 0 Å². The fourth-order valence-electron chi connectivity index (χ4n) is 7.12. The van der Waals surface area contributed by atoms with Crippen molar-refractivity contribution in [3.05, 3.63) is 171 Å². The van der Waals surface area contributed by atoms with Crippen LogP contribution in [-0.2, 0) is 21.3 Å². The Labute approximate surface area is 270 Å². The van der Waals surface area contributed by atoms with Crippen molar-refractivity contribution in [3.8, 4) is 11.1 Å². The molecule has 0 nitrogen and oxygen atoms in total. The molecular formula is C39H34Cl2Zr. The minimum absolute atomic E-state index is 0. The molecule has 5 aromatic rings. The molecule has 5 aromatic carbocycles. The van der Waals surface area contributed by atoms with Crippen LogP contribution >= 0.6 is 0 Å². The minimum atomic E-state index is -2.77. The zero-order valence-electron chi connectivity index (χ0n) is 24.5. The quantitative estimate of drug-likeness (QED) is 0.275.